The van der Waals surface area contributed by atoms with Crippen LogP contribution in [0.4, 0.5) is 0 Å². The first-order valence-corrected chi connectivity index (χ1v) is 5.71. The van der Waals surface area contributed by atoms with E-state index in [0.717, 1.165) is 4.90 Å². The lowest BCUT2D eigenvalue weighted by atomic mass is 9.98. The van der Waals surface area contributed by atoms with Gasteiger partial charge in [-0.15, -0.1) is 0 Å². The number of benzene rings is 1. The lowest BCUT2D eigenvalue weighted by molar-refractivity contribution is -0.147. The molecule has 0 N–H and O–H groups in total. The van der Waals surface area contributed by atoms with E-state index in [1.165, 1.54) is 0 Å². The van der Waals surface area contributed by atoms with E-state index in [0.29, 0.717) is 11.1 Å². The van der Waals surface area contributed by atoms with E-state index in [2.05, 4.69) is 0 Å². The van der Waals surface area contributed by atoms with Gasteiger partial charge in [-0.05, 0) is 18.6 Å². The van der Waals surface area contributed by atoms with Gasteiger partial charge in [-0.1, -0.05) is 18.2 Å². The van der Waals surface area contributed by atoms with Crippen LogP contribution in [0.5, 0.6) is 0 Å². The highest BCUT2D eigenvalue weighted by Gasteiger charge is 2.32. The Morgan fingerprint density at radius 2 is 2.06 bits per heavy atom. The van der Waals surface area contributed by atoms with E-state index < -0.39 is 11.9 Å². The van der Waals surface area contributed by atoms with Gasteiger partial charge >= 0.3 is 5.97 Å². The molecule has 0 radical (unpaired) electrons. The van der Waals surface area contributed by atoms with Crippen LogP contribution in [0.15, 0.2) is 24.3 Å². The van der Waals surface area contributed by atoms with Crippen LogP contribution in [-0.4, -0.2) is 35.8 Å². The highest BCUT2D eigenvalue weighted by Crippen LogP contribution is 2.19. The van der Waals surface area contributed by atoms with Gasteiger partial charge in [0.15, 0.2) is 0 Å². The number of esters is 1. The van der Waals surface area contributed by atoms with Crippen molar-refractivity contribution in [2.75, 3.05) is 13.2 Å². The van der Waals surface area contributed by atoms with Gasteiger partial charge < -0.3 is 4.74 Å². The number of amides is 2. The van der Waals surface area contributed by atoms with Crippen molar-refractivity contribution in [1.29, 1.82) is 0 Å². The molecule has 1 aliphatic heterocycles. The highest BCUT2D eigenvalue weighted by molar-refractivity contribution is 6.11. The van der Waals surface area contributed by atoms with Crippen LogP contribution in [-0.2, 0) is 20.7 Å². The molecule has 0 atom stereocenters. The summed E-state index contributed by atoms with van der Waals surface area (Å²) in [6.45, 7) is 1.58. The summed E-state index contributed by atoms with van der Waals surface area (Å²) in [6.07, 6.45) is 0.140. The summed E-state index contributed by atoms with van der Waals surface area (Å²) in [5.74, 6) is -1.37. The number of carbonyl (C=O) groups excluding carboxylic acids is 3. The molecule has 0 spiro atoms. The summed E-state index contributed by atoms with van der Waals surface area (Å²) in [7, 11) is 0. The minimum absolute atomic E-state index is 0.140. The van der Waals surface area contributed by atoms with E-state index in [1.54, 1.807) is 31.2 Å². The Balaban J connectivity index is 2.22. The summed E-state index contributed by atoms with van der Waals surface area (Å²) in [6, 6.07) is 6.91. The predicted molar refractivity (Wildman–Crippen MR) is 62.8 cm³/mol. The highest BCUT2D eigenvalue weighted by atomic mass is 16.5. The SMILES string of the molecule is CCOC(=O)CN1C(=O)Cc2ccccc2C1=O. The maximum atomic E-state index is 12.1. The molecular formula is C13H13NO4. The standard InChI is InChI=1S/C13H13NO4/c1-2-18-12(16)8-14-11(15)7-9-5-3-4-6-10(9)13(14)17/h3-6H,2,7-8H2,1H3. The molecule has 1 aromatic rings. The third kappa shape index (κ3) is 2.25. The van der Waals surface area contributed by atoms with E-state index in [1.807, 2.05) is 0 Å². The van der Waals surface area contributed by atoms with Gasteiger partial charge in [0.2, 0.25) is 5.91 Å². The fourth-order valence-corrected chi connectivity index (χ4v) is 1.90. The molecule has 1 aromatic carbocycles. The molecule has 1 heterocycles. The van der Waals surface area contributed by atoms with E-state index in [4.69, 9.17) is 4.74 Å². The number of nitrogens with zero attached hydrogens (tertiary/aromatic N) is 1. The van der Waals surface area contributed by atoms with Crippen molar-refractivity contribution in [1.82, 2.24) is 4.90 Å². The van der Waals surface area contributed by atoms with E-state index in [-0.39, 0.29) is 25.5 Å². The summed E-state index contributed by atoms with van der Waals surface area (Å²) < 4.78 is 4.74. The zero-order valence-corrected chi connectivity index (χ0v) is 10.0. The Morgan fingerprint density at radius 3 is 2.78 bits per heavy atom. The molecule has 5 nitrogen and oxygen atoms in total. The number of ether oxygens (including phenoxy) is 1. The maximum absolute atomic E-state index is 12.1. The number of hydrogen-bond acceptors (Lipinski definition) is 4. The molecule has 0 aromatic heterocycles. The van der Waals surface area contributed by atoms with Gasteiger partial charge in [0.05, 0.1) is 13.0 Å². The van der Waals surface area contributed by atoms with Crippen LogP contribution >= 0.6 is 0 Å². The maximum Gasteiger partial charge on any atom is 0.326 e. The van der Waals surface area contributed by atoms with Gasteiger partial charge in [-0.2, -0.15) is 0 Å². The Kier molecular flexibility index (Phi) is 3.41. The lowest BCUT2D eigenvalue weighted by Gasteiger charge is -2.25. The first kappa shape index (κ1) is 12.3. The average Bonchev–Trinajstić information content (AvgIpc) is 2.35. The Hall–Kier alpha value is -2.17. The number of carbonyl (C=O) groups is 3. The molecule has 0 fully saturated rings. The molecule has 94 valence electrons. The van der Waals surface area contributed by atoms with Crippen LogP contribution in [0, 0.1) is 0 Å². The van der Waals surface area contributed by atoms with Crippen molar-refractivity contribution in [2.45, 2.75) is 13.3 Å². The smallest absolute Gasteiger partial charge is 0.326 e. The van der Waals surface area contributed by atoms with Crippen molar-refractivity contribution >= 4 is 17.8 Å². The van der Waals surface area contributed by atoms with Gasteiger partial charge in [0.1, 0.15) is 6.54 Å². The average molecular weight is 247 g/mol. The second-order valence-electron chi connectivity index (χ2n) is 3.92. The van der Waals surface area contributed by atoms with Crippen LogP contribution < -0.4 is 0 Å². The summed E-state index contributed by atoms with van der Waals surface area (Å²) in [4.78, 5) is 36.2. The topological polar surface area (TPSA) is 63.7 Å². The lowest BCUT2D eigenvalue weighted by Crippen LogP contribution is -2.45. The molecule has 2 rings (SSSR count). The summed E-state index contributed by atoms with van der Waals surface area (Å²) >= 11 is 0. The van der Waals surface area contributed by atoms with Crippen molar-refractivity contribution in [3.05, 3.63) is 35.4 Å². The molecule has 0 unspecified atom stereocenters. The summed E-state index contributed by atoms with van der Waals surface area (Å²) in [5.41, 5.74) is 1.18. The minimum Gasteiger partial charge on any atom is -0.465 e. The Bertz CT molecular complexity index is 509. The fraction of sp³-hybridized carbons (Fsp3) is 0.308. The van der Waals surface area contributed by atoms with Gasteiger partial charge in [0, 0.05) is 5.56 Å². The van der Waals surface area contributed by atoms with Crippen LogP contribution in [0.3, 0.4) is 0 Å². The van der Waals surface area contributed by atoms with Crippen molar-refractivity contribution in [3.63, 3.8) is 0 Å². The number of rotatable bonds is 3. The van der Waals surface area contributed by atoms with E-state index >= 15 is 0 Å². The Labute approximate surface area is 104 Å². The second-order valence-corrected chi connectivity index (χ2v) is 3.92. The van der Waals surface area contributed by atoms with Crippen molar-refractivity contribution in [3.8, 4) is 0 Å². The molecule has 0 bridgehead atoms. The van der Waals surface area contributed by atoms with Crippen LogP contribution in [0.2, 0.25) is 0 Å². The minimum atomic E-state index is -0.571. The van der Waals surface area contributed by atoms with E-state index in [9.17, 15) is 14.4 Å². The largest absolute Gasteiger partial charge is 0.465 e. The molecule has 0 aliphatic carbocycles. The van der Waals surface area contributed by atoms with Crippen LogP contribution in [0.25, 0.3) is 0 Å². The van der Waals surface area contributed by atoms with Gasteiger partial charge in [-0.3, -0.25) is 19.3 Å². The monoisotopic (exact) mass is 247 g/mol. The fourth-order valence-electron chi connectivity index (χ4n) is 1.90. The molecule has 18 heavy (non-hydrogen) atoms. The number of hydrogen-bond donors (Lipinski definition) is 0. The van der Waals surface area contributed by atoms with Crippen molar-refractivity contribution < 1.29 is 19.1 Å². The molecule has 1 aliphatic rings. The van der Waals surface area contributed by atoms with Gasteiger partial charge in [0.25, 0.3) is 5.91 Å². The summed E-state index contributed by atoms with van der Waals surface area (Å²) in [5, 5.41) is 0. The first-order chi connectivity index (χ1) is 8.63. The zero-order chi connectivity index (χ0) is 13.1. The molecular weight excluding hydrogens is 234 g/mol. The first-order valence-electron chi connectivity index (χ1n) is 5.71. The second kappa shape index (κ2) is 5.00. The normalized spacial score (nSPS) is 14.4. The Morgan fingerprint density at radius 1 is 1.33 bits per heavy atom. The number of fused-ring (bicyclic) bond motifs is 1. The predicted octanol–water partition coefficient (Wildman–Crippen LogP) is 0.775. The van der Waals surface area contributed by atoms with Crippen molar-refractivity contribution in [2.24, 2.45) is 0 Å². The quantitative estimate of drug-likeness (QED) is 0.584. The molecule has 0 saturated carbocycles. The molecule has 5 heteroatoms. The van der Waals surface area contributed by atoms with Gasteiger partial charge in [-0.25, -0.2) is 0 Å². The van der Waals surface area contributed by atoms with Crippen LogP contribution in [0.1, 0.15) is 22.8 Å². The third-order valence-corrected chi connectivity index (χ3v) is 2.73. The molecule has 2 amide bonds. The zero-order valence-electron chi connectivity index (χ0n) is 10.0. The number of imide groups is 1. The third-order valence-electron chi connectivity index (χ3n) is 2.73. The molecule has 0 saturated heterocycles.